The van der Waals surface area contributed by atoms with E-state index < -0.39 is 0 Å². The molecule has 4 rings (SSSR count). The SMILES string of the molecule is CC(C)CN1CC[C@H](CN2CCN(c3ccc(F)cc3)c3ccccc32)C1. The van der Waals surface area contributed by atoms with Crippen LogP contribution < -0.4 is 9.80 Å². The van der Waals surface area contributed by atoms with E-state index in [2.05, 4.69) is 52.8 Å². The van der Waals surface area contributed by atoms with Crippen molar-refractivity contribution in [1.29, 1.82) is 0 Å². The lowest BCUT2D eigenvalue weighted by molar-refractivity contribution is 0.287. The molecular weight excluding hydrogens is 337 g/mol. The van der Waals surface area contributed by atoms with E-state index >= 15 is 0 Å². The molecule has 3 nitrogen and oxygen atoms in total. The second kappa shape index (κ2) is 7.89. The number of likely N-dealkylation sites (tertiary alicyclic amines) is 1. The Balaban J connectivity index is 1.49. The van der Waals surface area contributed by atoms with E-state index in [1.807, 2.05) is 12.1 Å². The maximum Gasteiger partial charge on any atom is 0.123 e. The van der Waals surface area contributed by atoms with Gasteiger partial charge in [0.15, 0.2) is 0 Å². The van der Waals surface area contributed by atoms with Crippen molar-refractivity contribution in [3.8, 4) is 0 Å². The number of fused-ring (bicyclic) bond motifs is 1. The number of hydrogen-bond donors (Lipinski definition) is 0. The Morgan fingerprint density at radius 1 is 0.963 bits per heavy atom. The van der Waals surface area contributed by atoms with E-state index in [0.717, 1.165) is 37.2 Å². The zero-order chi connectivity index (χ0) is 18.8. The summed E-state index contributed by atoms with van der Waals surface area (Å²) in [5.41, 5.74) is 3.59. The van der Waals surface area contributed by atoms with E-state index in [1.54, 1.807) is 12.1 Å². The molecule has 2 aromatic rings. The van der Waals surface area contributed by atoms with Gasteiger partial charge in [-0.15, -0.1) is 0 Å². The van der Waals surface area contributed by atoms with Crippen molar-refractivity contribution in [2.24, 2.45) is 11.8 Å². The van der Waals surface area contributed by atoms with Crippen LogP contribution in [-0.4, -0.2) is 44.2 Å². The van der Waals surface area contributed by atoms with Crippen LogP contribution in [0, 0.1) is 17.7 Å². The highest BCUT2D eigenvalue weighted by atomic mass is 19.1. The Morgan fingerprint density at radius 3 is 2.44 bits per heavy atom. The first-order valence-corrected chi connectivity index (χ1v) is 10.2. The zero-order valence-corrected chi connectivity index (χ0v) is 16.4. The average molecular weight is 368 g/mol. The highest BCUT2D eigenvalue weighted by Crippen LogP contribution is 2.38. The minimum atomic E-state index is -0.183. The first-order valence-electron chi connectivity index (χ1n) is 10.2. The molecule has 144 valence electrons. The molecule has 1 atom stereocenters. The standard InChI is InChI=1S/C23H30FN3/c1-18(2)15-25-12-11-19(16-25)17-26-13-14-27(21-9-7-20(24)8-10-21)23-6-4-3-5-22(23)26/h3-10,18-19H,11-17H2,1-2H3/t19-/m0/s1. The molecule has 4 heteroatoms. The lowest BCUT2D eigenvalue weighted by atomic mass is 10.1. The van der Waals surface area contributed by atoms with Gasteiger partial charge in [-0.1, -0.05) is 26.0 Å². The van der Waals surface area contributed by atoms with Crippen LogP contribution in [0.15, 0.2) is 48.5 Å². The lowest BCUT2D eigenvalue weighted by Gasteiger charge is -2.40. The maximum atomic E-state index is 13.3. The average Bonchev–Trinajstić information content (AvgIpc) is 3.09. The number of hydrogen-bond acceptors (Lipinski definition) is 3. The Labute approximate surface area is 162 Å². The second-order valence-corrected chi connectivity index (χ2v) is 8.37. The minimum absolute atomic E-state index is 0.183. The molecule has 0 radical (unpaired) electrons. The molecule has 2 heterocycles. The number of halogens is 1. The lowest BCUT2D eigenvalue weighted by Crippen LogP contribution is -2.41. The summed E-state index contributed by atoms with van der Waals surface area (Å²) >= 11 is 0. The van der Waals surface area contributed by atoms with Gasteiger partial charge in [0, 0.05) is 38.4 Å². The Hall–Kier alpha value is -2.07. The summed E-state index contributed by atoms with van der Waals surface area (Å²) < 4.78 is 13.3. The first-order chi connectivity index (χ1) is 13.1. The summed E-state index contributed by atoms with van der Waals surface area (Å²) in [5, 5.41) is 0. The van der Waals surface area contributed by atoms with Gasteiger partial charge in [-0.25, -0.2) is 4.39 Å². The van der Waals surface area contributed by atoms with Crippen molar-refractivity contribution in [1.82, 2.24) is 4.90 Å². The van der Waals surface area contributed by atoms with Crippen molar-refractivity contribution in [3.05, 3.63) is 54.3 Å². The van der Waals surface area contributed by atoms with Gasteiger partial charge in [0.05, 0.1) is 11.4 Å². The van der Waals surface area contributed by atoms with Gasteiger partial charge in [-0.2, -0.15) is 0 Å². The van der Waals surface area contributed by atoms with Crippen LogP contribution in [0.2, 0.25) is 0 Å². The Bertz CT molecular complexity index is 758. The summed E-state index contributed by atoms with van der Waals surface area (Å²) in [4.78, 5) is 7.49. The fourth-order valence-corrected chi connectivity index (χ4v) is 4.56. The van der Waals surface area contributed by atoms with E-state index in [9.17, 15) is 4.39 Å². The van der Waals surface area contributed by atoms with Crippen LogP contribution in [0.1, 0.15) is 20.3 Å². The molecule has 0 aromatic heterocycles. The van der Waals surface area contributed by atoms with Gasteiger partial charge in [0.1, 0.15) is 5.82 Å². The van der Waals surface area contributed by atoms with Crippen molar-refractivity contribution < 1.29 is 4.39 Å². The van der Waals surface area contributed by atoms with Crippen LogP contribution in [0.25, 0.3) is 0 Å². The van der Waals surface area contributed by atoms with Crippen molar-refractivity contribution in [2.45, 2.75) is 20.3 Å². The molecule has 1 fully saturated rings. The van der Waals surface area contributed by atoms with Crippen LogP contribution >= 0.6 is 0 Å². The van der Waals surface area contributed by atoms with E-state index in [1.165, 1.54) is 37.4 Å². The van der Waals surface area contributed by atoms with Gasteiger partial charge in [-0.05, 0) is 61.2 Å². The second-order valence-electron chi connectivity index (χ2n) is 8.37. The Kier molecular flexibility index (Phi) is 5.35. The molecule has 27 heavy (non-hydrogen) atoms. The van der Waals surface area contributed by atoms with Crippen LogP contribution in [0.3, 0.4) is 0 Å². The third-order valence-corrected chi connectivity index (χ3v) is 5.72. The molecule has 0 spiro atoms. The van der Waals surface area contributed by atoms with Crippen LogP contribution in [0.5, 0.6) is 0 Å². The summed E-state index contributed by atoms with van der Waals surface area (Å²) in [6.45, 7) is 11.4. The number of nitrogens with zero attached hydrogens (tertiary/aromatic N) is 3. The largest absolute Gasteiger partial charge is 0.368 e. The highest BCUT2D eigenvalue weighted by Gasteiger charge is 2.28. The summed E-state index contributed by atoms with van der Waals surface area (Å²) in [6.07, 6.45) is 1.30. The third kappa shape index (κ3) is 4.11. The van der Waals surface area contributed by atoms with E-state index in [4.69, 9.17) is 0 Å². The highest BCUT2D eigenvalue weighted by molar-refractivity contribution is 5.79. The molecule has 0 bridgehead atoms. The van der Waals surface area contributed by atoms with Gasteiger partial charge in [0.2, 0.25) is 0 Å². The predicted molar refractivity (Wildman–Crippen MR) is 111 cm³/mol. The van der Waals surface area contributed by atoms with E-state index in [-0.39, 0.29) is 5.82 Å². The molecular formula is C23H30FN3. The Morgan fingerprint density at radius 2 is 1.70 bits per heavy atom. The predicted octanol–water partition coefficient (Wildman–Crippen LogP) is 4.76. The van der Waals surface area contributed by atoms with Crippen molar-refractivity contribution in [2.75, 3.05) is 49.1 Å². The molecule has 1 saturated heterocycles. The number of rotatable bonds is 5. The fourth-order valence-electron chi connectivity index (χ4n) is 4.56. The number of benzene rings is 2. The first kappa shape index (κ1) is 18.3. The number of para-hydroxylation sites is 2. The fraction of sp³-hybridized carbons (Fsp3) is 0.478. The molecule has 0 unspecified atom stereocenters. The van der Waals surface area contributed by atoms with Gasteiger partial charge >= 0.3 is 0 Å². The molecule has 0 N–H and O–H groups in total. The quantitative estimate of drug-likeness (QED) is 0.754. The molecule has 0 amide bonds. The monoisotopic (exact) mass is 367 g/mol. The van der Waals surface area contributed by atoms with Gasteiger partial charge in [-0.3, -0.25) is 0 Å². The maximum absolute atomic E-state index is 13.3. The number of anilines is 3. The normalized spacial score (nSPS) is 20.4. The summed E-state index contributed by atoms with van der Waals surface area (Å²) in [6, 6.07) is 15.5. The molecule has 2 aliphatic rings. The molecule has 2 aliphatic heterocycles. The summed E-state index contributed by atoms with van der Waals surface area (Å²) in [5.74, 6) is 1.30. The minimum Gasteiger partial charge on any atom is -0.368 e. The van der Waals surface area contributed by atoms with Gasteiger partial charge < -0.3 is 14.7 Å². The topological polar surface area (TPSA) is 9.72 Å². The molecule has 2 aromatic carbocycles. The molecule has 0 saturated carbocycles. The summed E-state index contributed by atoms with van der Waals surface area (Å²) in [7, 11) is 0. The molecule has 0 aliphatic carbocycles. The van der Waals surface area contributed by atoms with Crippen LogP contribution in [-0.2, 0) is 0 Å². The van der Waals surface area contributed by atoms with Gasteiger partial charge in [0.25, 0.3) is 0 Å². The van der Waals surface area contributed by atoms with Crippen LogP contribution in [0.4, 0.5) is 21.5 Å². The van der Waals surface area contributed by atoms with E-state index in [0.29, 0.717) is 0 Å². The van der Waals surface area contributed by atoms with Crippen molar-refractivity contribution >= 4 is 17.1 Å². The van der Waals surface area contributed by atoms with Crippen molar-refractivity contribution in [3.63, 3.8) is 0 Å². The smallest absolute Gasteiger partial charge is 0.123 e. The third-order valence-electron chi connectivity index (χ3n) is 5.72. The zero-order valence-electron chi connectivity index (χ0n) is 16.4.